The first kappa shape index (κ1) is 12.7. The first-order valence-electron chi connectivity index (χ1n) is 4.24. The topological polar surface area (TPSA) is 58.6 Å². The van der Waals surface area contributed by atoms with Crippen LogP contribution in [0, 0.1) is 5.41 Å². The molecule has 0 aromatic rings. The summed E-state index contributed by atoms with van der Waals surface area (Å²) in [4.78, 5) is 11.4. The second kappa shape index (κ2) is 5.42. The Bertz CT molecular complexity index is 169. The number of hydrogen-bond donors (Lipinski definition) is 2. The molecule has 1 heterocycles. The molecule has 0 bridgehead atoms. The number of esters is 1. The van der Waals surface area contributed by atoms with E-state index in [4.69, 9.17) is 9.84 Å². The van der Waals surface area contributed by atoms with E-state index >= 15 is 0 Å². The summed E-state index contributed by atoms with van der Waals surface area (Å²) in [6, 6.07) is 0. The van der Waals surface area contributed by atoms with Crippen LogP contribution in [0.1, 0.15) is 13.3 Å². The molecule has 1 unspecified atom stereocenters. The average Bonchev–Trinajstić information content (AvgIpc) is 2.54. The number of carbonyl (C=O) groups excluding carboxylic acids is 1. The lowest BCUT2D eigenvalue weighted by molar-refractivity contribution is -0.156. The highest BCUT2D eigenvalue weighted by atomic mass is 35.5. The third-order valence-electron chi connectivity index (χ3n) is 2.25. The molecule has 78 valence electrons. The first-order chi connectivity index (χ1) is 5.75. The van der Waals surface area contributed by atoms with Crippen LogP contribution < -0.4 is 5.32 Å². The van der Waals surface area contributed by atoms with Crippen molar-refractivity contribution in [3.8, 4) is 0 Å². The Morgan fingerprint density at radius 1 is 1.69 bits per heavy atom. The molecule has 0 radical (unpaired) electrons. The Morgan fingerprint density at radius 2 is 2.38 bits per heavy atom. The Morgan fingerprint density at radius 3 is 2.77 bits per heavy atom. The minimum absolute atomic E-state index is 0. The van der Waals surface area contributed by atoms with Gasteiger partial charge in [0.05, 0.1) is 13.2 Å². The number of aliphatic hydroxyl groups is 1. The van der Waals surface area contributed by atoms with Crippen molar-refractivity contribution in [2.45, 2.75) is 13.3 Å². The second-order valence-corrected chi connectivity index (χ2v) is 3.09. The van der Waals surface area contributed by atoms with Gasteiger partial charge in [-0.1, -0.05) is 0 Å². The molecule has 0 aromatic carbocycles. The monoisotopic (exact) mass is 209 g/mol. The quantitative estimate of drug-likeness (QED) is 0.640. The lowest BCUT2D eigenvalue weighted by atomic mass is 9.88. The molecule has 1 saturated heterocycles. The maximum Gasteiger partial charge on any atom is 0.315 e. The van der Waals surface area contributed by atoms with Crippen LogP contribution in [0.4, 0.5) is 0 Å². The van der Waals surface area contributed by atoms with Crippen molar-refractivity contribution in [3.05, 3.63) is 0 Å². The van der Waals surface area contributed by atoms with Crippen LogP contribution in [-0.4, -0.2) is 37.4 Å². The van der Waals surface area contributed by atoms with Crippen LogP contribution in [-0.2, 0) is 9.53 Å². The summed E-state index contributed by atoms with van der Waals surface area (Å²) in [6.45, 7) is 3.33. The molecule has 0 saturated carbocycles. The van der Waals surface area contributed by atoms with E-state index in [-0.39, 0.29) is 25.0 Å². The second-order valence-electron chi connectivity index (χ2n) is 3.09. The van der Waals surface area contributed by atoms with Gasteiger partial charge in [0.15, 0.2) is 0 Å². The van der Waals surface area contributed by atoms with Crippen LogP contribution >= 0.6 is 12.4 Å². The SMILES string of the molecule is CCOC(=O)C1(CO)CCNC1.Cl. The first-order valence-corrected chi connectivity index (χ1v) is 4.24. The van der Waals surface area contributed by atoms with Crippen molar-refractivity contribution < 1.29 is 14.6 Å². The highest BCUT2D eigenvalue weighted by molar-refractivity contribution is 5.85. The molecule has 5 heteroatoms. The van der Waals surface area contributed by atoms with E-state index in [1.54, 1.807) is 6.92 Å². The highest BCUT2D eigenvalue weighted by Crippen LogP contribution is 2.26. The summed E-state index contributed by atoms with van der Waals surface area (Å²) < 4.78 is 4.88. The van der Waals surface area contributed by atoms with Gasteiger partial charge in [0.1, 0.15) is 5.41 Å². The van der Waals surface area contributed by atoms with Gasteiger partial charge in [-0.05, 0) is 19.9 Å². The zero-order valence-electron chi connectivity index (χ0n) is 7.71. The largest absolute Gasteiger partial charge is 0.465 e. The molecule has 0 aromatic heterocycles. The fraction of sp³-hybridized carbons (Fsp3) is 0.875. The van der Waals surface area contributed by atoms with Crippen molar-refractivity contribution in [3.63, 3.8) is 0 Å². The van der Waals surface area contributed by atoms with Crippen molar-refractivity contribution in [2.75, 3.05) is 26.3 Å². The predicted molar refractivity (Wildman–Crippen MR) is 50.9 cm³/mol. The van der Waals surface area contributed by atoms with Gasteiger partial charge in [-0.15, -0.1) is 12.4 Å². The summed E-state index contributed by atoms with van der Waals surface area (Å²) in [6.07, 6.45) is 0.669. The molecule has 1 atom stereocenters. The zero-order valence-corrected chi connectivity index (χ0v) is 8.52. The maximum atomic E-state index is 11.4. The highest BCUT2D eigenvalue weighted by Gasteiger charge is 2.41. The fourth-order valence-corrected chi connectivity index (χ4v) is 1.40. The number of halogens is 1. The van der Waals surface area contributed by atoms with Gasteiger partial charge < -0.3 is 15.2 Å². The standard InChI is InChI=1S/C8H15NO3.ClH/c1-2-12-7(11)8(6-10)3-4-9-5-8;/h9-10H,2-6H2,1H3;1H. The van der Waals surface area contributed by atoms with Crippen LogP contribution in [0.15, 0.2) is 0 Å². The molecule has 0 aliphatic carbocycles. The van der Waals surface area contributed by atoms with E-state index in [0.29, 0.717) is 19.6 Å². The number of aliphatic hydroxyl groups excluding tert-OH is 1. The van der Waals surface area contributed by atoms with Gasteiger partial charge in [0.25, 0.3) is 0 Å². The molecular formula is C8H16ClNO3. The molecule has 1 fully saturated rings. The van der Waals surface area contributed by atoms with E-state index in [9.17, 15) is 4.79 Å². The maximum absolute atomic E-state index is 11.4. The number of rotatable bonds is 3. The fourth-order valence-electron chi connectivity index (χ4n) is 1.40. The normalized spacial score (nSPS) is 26.6. The van der Waals surface area contributed by atoms with Gasteiger partial charge in [-0.25, -0.2) is 0 Å². The number of carbonyl (C=O) groups is 1. The molecule has 4 nitrogen and oxygen atoms in total. The summed E-state index contributed by atoms with van der Waals surface area (Å²) in [7, 11) is 0. The van der Waals surface area contributed by atoms with Gasteiger partial charge in [0.2, 0.25) is 0 Å². The van der Waals surface area contributed by atoms with Crippen molar-refractivity contribution >= 4 is 18.4 Å². The third-order valence-corrected chi connectivity index (χ3v) is 2.25. The molecule has 1 rings (SSSR count). The minimum atomic E-state index is -0.671. The van der Waals surface area contributed by atoms with Gasteiger partial charge in [-0.2, -0.15) is 0 Å². The summed E-state index contributed by atoms with van der Waals surface area (Å²) in [5.74, 6) is -0.280. The lowest BCUT2D eigenvalue weighted by Crippen LogP contribution is -2.38. The number of ether oxygens (including phenoxy) is 1. The molecular weight excluding hydrogens is 194 g/mol. The summed E-state index contributed by atoms with van der Waals surface area (Å²) in [5.41, 5.74) is -0.671. The van der Waals surface area contributed by atoms with Crippen molar-refractivity contribution in [2.24, 2.45) is 5.41 Å². The van der Waals surface area contributed by atoms with E-state index in [1.165, 1.54) is 0 Å². The minimum Gasteiger partial charge on any atom is -0.465 e. The molecule has 13 heavy (non-hydrogen) atoms. The van der Waals surface area contributed by atoms with Crippen molar-refractivity contribution in [1.29, 1.82) is 0 Å². The Kier molecular flexibility index (Phi) is 5.29. The van der Waals surface area contributed by atoms with Gasteiger partial charge in [0, 0.05) is 6.54 Å². The van der Waals surface area contributed by atoms with Crippen LogP contribution in [0.3, 0.4) is 0 Å². The average molecular weight is 210 g/mol. The Labute approximate surface area is 84.1 Å². The molecule has 0 amide bonds. The van der Waals surface area contributed by atoms with Crippen LogP contribution in [0.2, 0.25) is 0 Å². The van der Waals surface area contributed by atoms with Gasteiger partial charge in [-0.3, -0.25) is 4.79 Å². The zero-order chi connectivity index (χ0) is 9.03. The molecule has 1 aliphatic rings. The molecule has 1 aliphatic heterocycles. The van der Waals surface area contributed by atoms with E-state index in [1.807, 2.05) is 0 Å². The number of nitrogens with one attached hydrogen (secondary N) is 1. The lowest BCUT2D eigenvalue weighted by Gasteiger charge is -2.22. The Balaban J connectivity index is 0.00000144. The molecule has 0 spiro atoms. The molecule has 2 N–H and O–H groups in total. The Hall–Kier alpha value is -0.320. The van der Waals surface area contributed by atoms with Gasteiger partial charge >= 0.3 is 5.97 Å². The summed E-state index contributed by atoms with van der Waals surface area (Å²) >= 11 is 0. The predicted octanol–water partition coefficient (Wildman–Crippen LogP) is -0.0567. The van der Waals surface area contributed by atoms with Crippen LogP contribution in [0.5, 0.6) is 0 Å². The van der Waals surface area contributed by atoms with E-state index in [2.05, 4.69) is 5.32 Å². The van der Waals surface area contributed by atoms with Crippen molar-refractivity contribution in [1.82, 2.24) is 5.32 Å². The summed E-state index contributed by atoms with van der Waals surface area (Å²) in [5, 5.41) is 12.1. The number of hydrogen-bond acceptors (Lipinski definition) is 4. The van der Waals surface area contributed by atoms with E-state index in [0.717, 1.165) is 6.54 Å². The smallest absolute Gasteiger partial charge is 0.315 e. The van der Waals surface area contributed by atoms with Crippen LogP contribution in [0.25, 0.3) is 0 Å². The third kappa shape index (κ3) is 2.56. The van der Waals surface area contributed by atoms with E-state index < -0.39 is 5.41 Å².